The fraction of sp³-hybridized carbons (Fsp3) is 0.0476. The third-order valence-corrected chi connectivity index (χ3v) is 6.08. The molecule has 162 valence electrons. The van der Waals surface area contributed by atoms with Crippen molar-refractivity contribution >= 4 is 65.7 Å². The lowest BCUT2D eigenvalue weighted by Crippen LogP contribution is -2.18. The number of para-hydroxylation sites is 1. The van der Waals surface area contributed by atoms with Crippen LogP contribution in [-0.2, 0) is 9.84 Å². The minimum absolute atomic E-state index is 0.0876. The van der Waals surface area contributed by atoms with Crippen molar-refractivity contribution in [2.75, 3.05) is 11.6 Å². The van der Waals surface area contributed by atoms with Gasteiger partial charge in [0.15, 0.2) is 11.5 Å². The van der Waals surface area contributed by atoms with Crippen LogP contribution in [0.15, 0.2) is 68.8 Å². The third-order valence-electron chi connectivity index (χ3n) is 4.42. The Morgan fingerprint density at radius 3 is 2.47 bits per heavy atom. The zero-order chi connectivity index (χ0) is 23.0. The lowest BCUT2D eigenvalue weighted by atomic mass is 10.1. The minimum Gasteiger partial charge on any atom is -0.450 e. The van der Waals surface area contributed by atoms with Gasteiger partial charge in [-0.1, -0.05) is 39.7 Å². The first kappa shape index (κ1) is 22.1. The van der Waals surface area contributed by atoms with Gasteiger partial charge >= 0.3 is 0 Å². The van der Waals surface area contributed by atoms with Gasteiger partial charge in [0.1, 0.15) is 5.58 Å². The summed E-state index contributed by atoms with van der Waals surface area (Å²) < 4.78 is 30.1. The lowest BCUT2D eigenvalue weighted by Gasteiger charge is -2.08. The average Bonchev–Trinajstić information content (AvgIpc) is 3.11. The molecule has 0 atom stereocenters. The van der Waals surface area contributed by atoms with Gasteiger partial charge in [-0.25, -0.2) is 18.4 Å². The molecule has 0 bridgehead atoms. The Bertz CT molecular complexity index is 1480. The number of sulfone groups is 1. The number of hydrogen-bond acceptors (Lipinski definition) is 7. The molecule has 32 heavy (non-hydrogen) atoms. The predicted octanol–water partition coefficient (Wildman–Crippen LogP) is 4.53. The van der Waals surface area contributed by atoms with E-state index in [0.29, 0.717) is 16.5 Å². The molecular weight excluding hydrogens is 522 g/mol. The van der Waals surface area contributed by atoms with Crippen molar-refractivity contribution in [3.05, 3.63) is 81.2 Å². The number of hydrogen-bond donors (Lipinski definition) is 1. The number of halogens is 2. The maximum Gasteiger partial charge on any atom is 0.276 e. The summed E-state index contributed by atoms with van der Waals surface area (Å²) in [4.78, 5) is 33.5. The van der Waals surface area contributed by atoms with E-state index in [1.165, 1.54) is 0 Å². The number of carbonyl (C=O) groups is 2. The molecule has 0 aliphatic carbocycles. The molecule has 8 nitrogen and oxygen atoms in total. The van der Waals surface area contributed by atoms with Crippen LogP contribution in [0.1, 0.15) is 26.6 Å². The molecule has 0 aliphatic rings. The first-order valence-electron chi connectivity index (χ1n) is 9.01. The molecular formula is C21H13BrClN3O5S. The van der Waals surface area contributed by atoms with Gasteiger partial charge in [-0.2, -0.15) is 0 Å². The standard InChI is InChI=1S/C21H13BrClN3O5S/c1-32(29,30)21-24-10-14(23)17(26-21)20(28)25-16-13-4-2-3-5-15(13)31-19(16)18(27)11-6-8-12(22)9-7-11/h2-10H,1H3,(H,25,28). The Balaban J connectivity index is 1.80. The highest BCUT2D eigenvalue weighted by Crippen LogP contribution is 2.33. The van der Waals surface area contributed by atoms with Gasteiger partial charge in [0.2, 0.25) is 20.8 Å². The number of benzene rings is 2. The molecule has 4 aromatic rings. The summed E-state index contributed by atoms with van der Waals surface area (Å²) >= 11 is 9.36. The molecule has 0 saturated heterocycles. The molecule has 4 rings (SSSR count). The highest BCUT2D eigenvalue weighted by Gasteiger charge is 2.26. The van der Waals surface area contributed by atoms with Crippen LogP contribution >= 0.6 is 27.5 Å². The van der Waals surface area contributed by atoms with Gasteiger partial charge < -0.3 is 9.73 Å². The SMILES string of the molecule is CS(=O)(=O)c1ncc(Cl)c(C(=O)Nc2c(C(=O)c3ccc(Br)cc3)oc3ccccc23)n1. The van der Waals surface area contributed by atoms with Crippen LogP contribution < -0.4 is 5.32 Å². The topological polar surface area (TPSA) is 119 Å². The van der Waals surface area contributed by atoms with Crippen LogP contribution in [0.3, 0.4) is 0 Å². The highest BCUT2D eigenvalue weighted by molar-refractivity contribution is 9.10. The molecule has 0 unspecified atom stereocenters. The maximum absolute atomic E-state index is 13.1. The molecule has 0 fully saturated rings. The minimum atomic E-state index is -3.77. The summed E-state index contributed by atoms with van der Waals surface area (Å²) in [7, 11) is -3.77. The first-order chi connectivity index (χ1) is 15.1. The fourth-order valence-electron chi connectivity index (χ4n) is 2.92. The highest BCUT2D eigenvalue weighted by atomic mass is 79.9. The number of nitrogens with zero attached hydrogens (tertiary/aromatic N) is 2. The van der Waals surface area contributed by atoms with Crippen LogP contribution in [0.5, 0.6) is 0 Å². The van der Waals surface area contributed by atoms with E-state index in [9.17, 15) is 18.0 Å². The first-order valence-corrected chi connectivity index (χ1v) is 12.1. The Hall–Kier alpha value is -3.08. The predicted molar refractivity (Wildman–Crippen MR) is 122 cm³/mol. The van der Waals surface area contributed by atoms with Crippen molar-refractivity contribution in [2.45, 2.75) is 5.16 Å². The normalized spacial score (nSPS) is 11.5. The monoisotopic (exact) mass is 533 g/mol. The summed E-state index contributed by atoms with van der Waals surface area (Å²) in [6.45, 7) is 0. The van der Waals surface area contributed by atoms with Crippen LogP contribution in [0.25, 0.3) is 11.0 Å². The number of rotatable bonds is 5. The molecule has 1 N–H and O–H groups in total. The Kier molecular flexibility index (Phi) is 5.85. The third kappa shape index (κ3) is 4.29. The summed E-state index contributed by atoms with van der Waals surface area (Å²) in [6, 6.07) is 13.4. The molecule has 0 aliphatic heterocycles. The summed E-state index contributed by atoms with van der Waals surface area (Å²) in [6.07, 6.45) is 1.94. The van der Waals surface area contributed by atoms with Gasteiger partial charge in [-0.05, 0) is 36.4 Å². The lowest BCUT2D eigenvalue weighted by molar-refractivity contribution is 0.101. The van der Waals surface area contributed by atoms with E-state index in [-0.39, 0.29) is 22.2 Å². The van der Waals surface area contributed by atoms with Crippen LogP contribution in [0, 0.1) is 0 Å². The van der Waals surface area contributed by atoms with E-state index in [0.717, 1.165) is 16.9 Å². The quantitative estimate of drug-likeness (QED) is 0.295. The van der Waals surface area contributed by atoms with Crippen molar-refractivity contribution in [3.63, 3.8) is 0 Å². The van der Waals surface area contributed by atoms with E-state index in [4.69, 9.17) is 16.0 Å². The summed E-state index contributed by atoms with van der Waals surface area (Å²) in [5, 5.41) is 2.38. The molecule has 2 heterocycles. The maximum atomic E-state index is 13.1. The van der Waals surface area contributed by atoms with Gasteiger partial charge in [-0.3, -0.25) is 9.59 Å². The van der Waals surface area contributed by atoms with Crippen molar-refractivity contribution in [1.82, 2.24) is 9.97 Å². The number of anilines is 1. The van der Waals surface area contributed by atoms with E-state index < -0.39 is 26.7 Å². The summed E-state index contributed by atoms with van der Waals surface area (Å²) in [5.41, 5.74) is 0.500. The van der Waals surface area contributed by atoms with Crippen molar-refractivity contribution in [1.29, 1.82) is 0 Å². The van der Waals surface area contributed by atoms with Crippen molar-refractivity contribution in [2.24, 2.45) is 0 Å². The van der Waals surface area contributed by atoms with Gasteiger partial charge in [0, 0.05) is 21.7 Å². The average molecular weight is 535 g/mol. The van der Waals surface area contributed by atoms with E-state index in [1.54, 1.807) is 48.5 Å². The van der Waals surface area contributed by atoms with Crippen molar-refractivity contribution in [3.8, 4) is 0 Å². The Morgan fingerprint density at radius 2 is 1.78 bits per heavy atom. The fourth-order valence-corrected chi connectivity index (χ4v) is 3.87. The number of nitrogens with one attached hydrogen (secondary N) is 1. The smallest absolute Gasteiger partial charge is 0.276 e. The molecule has 2 aromatic carbocycles. The molecule has 0 radical (unpaired) electrons. The van der Waals surface area contributed by atoms with E-state index >= 15 is 0 Å². The van der Waals surface area contributed by atoms with Crippen LogP contribution in [0.2, 0.25) is 5.02 Å². The number of furan rings is 1. The van der Waals surface area contributed by atoms with Gasteiger partial charge in [-0.15, -0.1) is 0 Å². The second kappa shape index (κ2) is 8.45. The molecule has 1 amide bonds. The zero-order valence-corrected chi connectivity index (χ0v) is 19.5. The Morgan fingerprint density at radius 1 is 1.09 bits per heavy atom. The van der Waals surface area contributed by atoms with Crippen LogP contribution in [-0.4, -0.2) is 36.3 Å². The van der Waals surface area contributed by atoms with E-state index in [2.05, 4.69) is 31.2 Å². The largest absolute Gasteiger partial charge is 0.450 e. The molecule has 2 aromatic heterocycles. The number of ketones is 1. The second-order valence-corrected chi connectivity index (χ2v) is 9.95. The molecule has 0 saturated carbocycles. The Labute approximate surface area is 195 Å². The zero-order valence-electron chi connectivity index (χ0n) is 16.3. The summed E-state index contributed by atoms with van der Waals surface area (Å²) in [5.74, 6) is -1.36. The van der Waals surface area contributed by atoms with Gasteiger partial charge in [0.05, 0.1) is 16.9 Å². The molecule has 11 heteroatoms. The number of carbonyl (C=O) groups excluding carboxylic acids is 2. The van der Waals surface area contributed by atoms with E-state index in [1.807, 2.05) is 0 Å². The van der Waals surface area contributed by atoms with Crippen LogP contribution in [0.4, 0.5) is 5.69 Å². The van der Waals surface area contributed by atoms with Crippen molar-refractivity contribution < 1.29 is 22.4 Å². The molecule has 0 spiro atoms. The number of fused-ring (bicyclic) bond motifs is 1. The number of aromatic nitrogens is 2. The van der Waals surface area contributed by atoms with Gasteiger partial charge in [0.25, 0.3) is 5.91 Å². The second-order valence-electron chi connectivity index (χ2n) is 6.71. The number of amides is 1.